The Morgan fingerprint density at radius 2 is 1.70 bits per heavy atom. The Hall–Kier alpha value is -0.463. The fraction of sp³-hybridized carbons (Fsp3) is 0.867. The van der Waals surface area contributed by atoms with Crippen LogP contribution >= 0.6 is 0 Å². The summed E-state index contributed by atoms with van der Waals surface area (Å²) in [5, 5.41) is 10.4. The number of hydrogen-bond donors (Lipinski definition) is 0. The fourth-order valence-electron chi connectivity index (χ4n) is 1.95. The van der Waals surface area contributed by atoms with E-state index in [1.807, 2.05) is 20.8 Å². The van der Waals surface area contributed by atoms with Gasteiger partial charge in [0.25, 0.3) is 0 Å². The summed E-state index contributed by atoms with van der Waals surface area (Å²) in [6, 6.07) is 0. The Morgan fingerprint density at radius 1 is 1.15 bits per heavy atom. The summed E-state index contributed by atoms with van der Waals surface area (Å²) < 4.78 is 5.36. The maximum absolute atomic E-state index is 11.5. The van der Waals surface area contributed by atoms with E-state index in [4.69, 9.17) is 4.74 Å². The summed E-state index contributed by atoms with van der Waals surface area (Å²) in [5.41, 5.74) is -0.585. The van der Waals surface area contributed by atoms with Crippen molar-refractivity contribution in [3.63, 3.8) is 0 Å². The van der Waals surface area contributed by atoms with Gasteiger partial charge in [-0.05, 0) is 25.7 Å². The van der Waals surface area contributed by atoms with Gasteiger partial charge in [-0.25, -0.2) is 0 Å². The van der Waals surface area contributed by atoms with Crippen molar-refractivity contribution in [1.82, 2.24) is 0 Å². The van der Waals surface area contributed by atoms with Crippen LogP contribution < -0.4 is 24.0 Å². The van der Waals surface area contributed by atoms with Crippen molar-refractivity contribution in [2.24, 2.45) is 5.92 Å². The third-order valence-corrected chi connectivity index (χ3v) is 3.63. The van der Waals surface area contributed by atoms with Gasteiger partial charge >= 0.3 is 24.8 Å². The van der Waals surface area contributed by atoms with Gasteiger partial charge in [0.2, 0.25) is 0 Å². The molecular weight excluding hydrogens is 251 g/mol. The van der Waals surface area contributed by atoms with Crippen LogP contribution in [-0.4, -0.2) is 17.5 Å². The first-order valence-corrected chi connectivity index (χ1v) is 7.23. The van der Waals surface area contributed by atoms with Crippen molar-refractivity contribution >= 4 is 11.9 Å². The SMILES string of the molecule is CCCCCCCC(C)(OC(=O)CC(=O)[O-])C(C)C.[Li+]. The molecule has 0 aliphatic rings. The van der Waals surface area contributed by atoms with Gasteiger partial charge in [0, 0.05) is 0 Å². The zero-order valence-corrected chi connectivity index (χ0v) is 13.7. The number of carboxylic acids is 1. The van der Waals surface area contributed by atoms with Crippen LogP contribution in [0, 0.1) is 5.92 Å². The number of ether oxygens (including phenoxy) is 1. The smallest absolute Gasteiger partial charge is 0.550 e. The summed E-state index contributed by atoms with van der Waals surface area (Å²) in [7, 11) is 0. The number of carbonyl (C=O) groups is 2. The number of carboxylic acid groups (broad SMARTS) is 1. The first-order valence-electron chi connectivity index (χ1n) is 7.23. The number of hydrogen-bond acceptors (Lipinski definition) is 4. The predicted molar refractivity (Wildman–Crippen MR) is 72.3 cm³/mol. The van der Waals surface area contributed by atoms with E-state index in [0.29, 0.717) is 0 Å². The van der Waals surface area contributed by atoms with Gasteiger partial charge in [0.15, 0.2) is 0 Å². The standard InChI is InChI=1S/C15H28O4.Li/c1-5-6-7-8-9-10-15(4,12(2)3)19-14(18)11-13(16)17;/h12H,5-11H2,1-4H3,(H,16,17);/q;+1/p-1. The Balaban J connectivity index is 0. The van der Waals surface area contributed by atoms with E-state index in [0.717, 1.165) is 19.3 Å². The van der Waals surface area contributed by atoms with Gasteiger partial charge in [-0.2, -0.15) is 0 Å². The average Bonchev–Trinajstić information content (AvgIpc) is 2.27. The first kappa shape index (κ1) is 21.8. The monoisotopic (exact) mass is 278 g/mol. The van der Waals surface area contributed by atoms with Crippen LogP contribution in [0.1, 0.15) is 72.6 Å². The first-order chi connectivity index (χ1) is 8.81. The van der Waals surface area contributed by atoms with Gasteiger partial charge in [0.1, 0.15) is 5.60 Å². The Morgan fingerprint density at radius 3 is 2.15 bits per heavy atom. The molecule has 0 bridgehead atoms. The molecule has 0 amide bonds. The van der Waals surface area contributed by atoms with Gasteiger partial charge in [-0.15, -0.1) is 0 Å². The second kappa shape index (κ2) is 11.2. The van der Waals surface area contributed by atoms with Crippen molar-refractivity contribution < 1.29 is 38.3 Å². The molecule has 0 aromatic carbocycles. The molecular formula is C15H27LiO4. The summed E-state index contributed by atoms with van der Waals surface area (Å²) in [5.74, 6) is -1.94. The van der Waals surface area contributed by atoms with Gasteiger partial charge in [-0.1, -0.05) is 46.5 Å². The van der Waals surface area contributed by atoms with Crippen LogP contribution in [-0.2, 0) is 14.3 Å². The fourth-order valence-corrected chi connectivity index (χ4v) is 1.95. The van der Waals surface area contributed by atoms with E-state index >= 15 is 0 Å². The molecule has 4 nitrogen and oxygen atoms in total. The van der Waals surface area contributed by atoms with Crippen LogP contribution in [0.25, 0.3) is 0 Å². The summed E-state index contributed by atoms with van der Waals surface area (Å²) in [6.45, 7) is 8.02. The number of esters is 1. The van der Waals surface area contributed by atoms with Crippen LogP contribution in [0.2, 0.25) is 0 Å². The summed E-state index contributed by atoms with van der Waals surface area (Å²) in [4.78, 5) is 21.9. The van der Waals surface area contributed by atoms with Crippen LogP contribution in [0.5, 0.6) is 0 Å². The van der Waals surface area contributed by atoms with Crippen LogP contribution in [0.3, 0.4) is 0 Å². The van der Waals surface area contributed by atoms with Gasteiger partial charge in [0.05, 0.1) is 12.4 Å². The Labute approximate surface area is 134 Å². The van der Waals surface area contributed by atoms with Gasteiger partial charge < -0.3 is 14.6 Å². The Kier molecular flexibility index (Phi) is 12.3. The number of aliphatic carboxylic acids is 1. The molecule has 20 heavy (non-hydrogen) atoms. The predicted octanol–water partition coefficient (Wildman–Crippen LogP) is -0.551. The molecule has 0 aromatic rings. The van der Waals surface area contributed by atoms with Crippen molar-refractivity contribution in [3.05, 3.63) is 0 Å². The van der Waals surface area contributed by atoms with Crippen molar-refractivity contribution in [2.75, 3.05) is 0 Å². The normalized spacial score (nSPS) is 13.4. The van der Waals surface area contributed by atoms with E-state index in [2.05, 4.69) is 6.92 Å². The minimum Gasteiger partial charge on any atom is -0.550 e. The molecule has 1 unspecified atom stereocenters. The van der Waals surface area contributed by atoms with E-state index in [1.165, 1.54) is 19.3 Å². The average molecular weight is 278 g/mol. The van der Waals surface area contributed by atoms with Crippen LogP contribution in [0.15, 0.2) is 0 Å². The molecule has 0 spiro atoms. The van der Waals surface area contributed by atoms with E-state index in [-0.39, 0.29) is 24.8 Å². The minimum atomic E-state index is -1.39. The van der Waals surface area contributed by atoms with Gasteiger partial charge in [-0.3, -0.25) is 4.79 Å². The maximum atomic E-state index is 11.5. The second-order valence-corrected chi connectivity index (χ2v) is 5.65. The minimum absolute atomic E-state index is 0. The molecule has 0 saturated carbocycles. The molecule has 0 fully saturated rings. The van der Waals surface area contributed by atoms with E-state index in [1.54, 1.807) is 0 Å². The number of unbranched alkanes of at least 4 members (excludes halogenated alkanes) is 4. The zero-order chi connectivity index (χ0) is 14.9. The second-order valence-electron chi connectivity index (χ2n) is 5.65. The molecule has 1 atom stereocenters. The molecule has 0 aliphatic heterocycles. The van der Waals surface area contributed by atoms with E-state index < -0.39 is 24.0 Å². The quantitative estimate of drug-likeness (QED) is 0.233. The molecule has 0 rings (SSSR count). The van der Waals surface area contributed by atoms with Crippen molar-refractivity contribution in [1.29, 1.82) is 0 Å². The number of carbonyl (C=O) groups excluding carboxylic acids is 2. The molecule has 0 heterocycles. The zero-order valence-electron chi connectivity index (χ0n) is 13.7. The molecule has 0 radical (unpaired) electrons. The van der Waals surface area contributed by atoms with E-state index in [9.17, 15) is 14.7 Å². The Bertz CT molecular complexity index is 292. The third kappa shape index (κ3) is 9.44. The topological polar surface area (TPSA) is 66.4 Å². The number of rotatable bonds is 10. The molecule has 0 saturated heterocycles. The van der Waals surface area contributed by atoms with Crippen molar-refractivity contribution in [3.8, 4) is 0 Å². The molecule has 5 heteroatoms. The molecule has 0 N–H and O–H groups in total. The largest absolute Gasteiger partial charge is 1.00 e. The van der Waals surface area contributed by atoms with Crippen LogP contribution in [0.4, 0.5) is 0 Å². The molecule has 112 valence electrons. The maximum Gasteiger partial charge on any atom is 1.00 e. The molecule has 0 aliphatic carbocycles. The summed E-state index contributed by atoms with van der Waals surface area (Å²) in [6.07, 6.45) is 5.83. The van der Waals surface area contributed by atoms with Crippen molar-refractivity contribution in [2.45, 2.75) is 78.2 Å². The third-order valence-electron chi connectivity index (χ3n) is 3.63. The molecule has 0 aromatic heterocycles. The summed E-state index contributed by atoms with van der Waals surface area (Å²) >= 11 is 0.